The fourth-order valence-corrected chi connectivity index (χ4v) is 5.46. The van der Waals surface area contributed by atoms with Crippen molar-refractivity contribution in [2.75, 3.05) is 0 Å². The molecule has 1 spiro atoms. The van der Waals surface area contributed by atoms with Gasteiger partial charge in [0, 0.05) is 5.41 Å². The SMILES string of the molecule is O=C(OC12CC3CC4C(O)C(C1)C342)C(F)(F)S(=O)O. The Labute approximate surface area is 109 Å². The first-order chi connectivity index (χ1) is 8.77. The summed E-state index contributed by atoms with van der Waals surface area (Å²) in [6, 6.07) is 0. The van der Waals surface area contributed by atoms with E-state index in [0.717, 1.165) is 6.42 Å². The lowest BCUT2D eigenvalue weighted by molar-refractivity contribution is -0.480. The predicted octanol–water partition coefficient (Wildman–Crippen LogP) is 0.504. The highest BCUT2D eigenvalue weighted by Gasteiger charge is 2.93. The molecule has 4 rings (SSSR count). The van der Waals surface area contributed by atoms with E-state index in [4.69, 9.17) is 9.29 Å². The molecular weight excluding hydrogens is 282 g/mol. The van der Waals surface area contributed by atoms with Crippen LogP contribution in [-0.4, -0.2) is 36.8 Å². The van der Waals surface area contributed by atoms with Gasteiger partial charge in [0.25, 0.3) is 0 Å². The Bertz CT molecular complexity index is 517. The molecule has 0 bridgehead atoms. The van der Waals surface area contributed by atoms with Crippen LogP contribution < -0.4 is 0 Å². The maximum atomic E-state index is 13.1. The van der Waals surface area contributed by atoms with Crippen molar-refractivity contribution in [3.05, 3.63) is 0 Å². The van der Waals surface area contributed by atoms with E-state index in [9.17, 15) is 22.9 Å². The second kappa shape index (κ2) is 3.01. The highest BCUT2D eigenvalue weighted by atomic mass is 32.2. The molecule has 2 N–H and O–H groups in total. The van der Waals surface area contributed by atoms with E-state index in [2.05, 4.69) is 0 Å². The lowest BCUT2D eigenvalue weighted by Gasteiger charge is -2.90. The zero-order chi connectivity index (χ0) is 13.8. The molecule has 4 fully saturated rings. The molecule has 0 aromatic carbocycles. The summed E-state index contributed by atoms with van der Waals surface area (Å²) >= 11 is -3.57. The van der Waals surface area contributed by atoms with E-state index in [1.165, 1.54) is 0 Å². The van der Waals surface area contributed by atoms with Gasteiger partial charge in [-0.15, -0.1) is 0 Å². The van der Waals surface area contributed by atoms with E-state index in [1.807, 2.05) is 0 Å². The molecule has 4 aliphatic carbocycles. The van der Waals surface area contributed by atoms with Gasteiger partial charge in [-0.05, 0) is 37.0 Å². The Morgan fingerprint density at radius 3 is 2.58 bits per heavy atom. The van der Waals surface area contributed by atoms with Gasteiger partial charge in [-0.1, -0.05) is 0 Å². The first-order valence-electron chi connectivity index (χ1n) is 6.17. The normalized spacial score (nSPS) is 54.3. The summed E-state index contributed by atoms with van der Waals surface area (Å²) in [6.45, 7) is 0. The molecule has 0 saturated heterocycles. The molecule has 106 valence electrons. The number of hydrogen-bond donors (Lipinski definition) is 2. The van der Waals surface area contributed by atoms with Crippen molar-refractivity contribution in [2.24, 2.45) is 23.2 Å². The summed E-state index contributed by atoms with van der Waals surface area (Å²) in [5.41, 5.74) is -1.21. The number of carbonyl (C=O) groups excluding carboxylic acids is 1. The van der Waals surface area contributed by atoms with Crippen LogP contribution in [-0.2, 0) is 20.6 Å². The molecule has 8 heteroatoms. The monoisotopic (exact) mass is 294 g/mol. The van der Waals surface area contributed by atoms with Crippen LogP contribution in [0.25, 0.3) is 0 Å². The number of rotatable bonds is 3. The zero-order valence-electron chi connectivity index (χ0n) is 9.71. The summed E-state index contributed by atoms with van der Waals surface area (Å²) in [6.07, 6.45) is 1.38. The first-order valence-corrected chi connectivity index (χ1v) is 7.28. The highest BCUT2D eigenvalue weighted by molar-refractivity contribution is 7.81. The number of carbonyl (C=O) groups is 1. The summed E-state index contributed by atoms with van der Waals surface area (Å²) < 4.78 is 50.1. The molecule has 0 radical (unpaired) electrons. The number of esters is 1. The Morgan fingerprint density at radius 1 is 1.37 bits per heavy atom. The molecule has 0 aromatic rings. The maximum absolute atomic E-state index is 13.1. The molecule has 4 saturated carbocycles. The molecule has 19 heavy (non-hydrogen) atoms. The predicted molar refractivity (Wildman–Crippen MR) is 57.3 cm³/mol. The number of alkyl halides is 2. The third kappa shape index (κ3) is 0.965. The van der Waals surface area contributed by atoms with Crippen LogP contribution in [0.5, 0.6) is 0 Å². The lowest BCUT2D eigenvalue weighted by atomic mass is 9.15. The largest absolute Gasteiger partial charge is 0.453 e. The van der Waals surface area contributed by atoms with Gasteiger partial charge in [0.1, 0.15) is 5.60 Å². The Kier molecular flexibility index (Phi) is 1.93. The second-order valence-electron chi connectivity index (χ2n) is 6.13. The van der Waals surface area contributed by atoms with Crippen LogP contribution >= 0.6 is 0 Å². The van der Waals surface area contributed by atoms with Crippen molar-refractivity contribution in [1.82, 2.24) is 0 Å². The minimum Gasteiger partial charge on any atom is -0.453 e. The molecule has 0 aromatic heterocycles. The average molecular weight is 294 g/mol. The van der Waals surface area contributed by atoms with Gasteiger partial charge >= 0.3 is 11.2 Å². The van der Waals surface area contributed by atoms with Gasteiger partial charge in [-0.3, -0.25) is 0 Å². The minimum absolute atomic E-state index is 0.0473. The standard InChI is InChI=1S/C11H12F2O5S/c12-11(13,19(16)17)8(15)18-9-2-4-1-5-7(14)6(3-9)10(4,5)9/h4-7,14H,1-3H2,(H,16,17). The topological polar surface area (TPSA) is 83.8 Å². The molecule has 0 aliphatic heterocycles. The summed E-state index contributed by atoms with van der Waals surface area (Å²) in [7, 11) is 0. The summed E-state index contributed by atoms with van der Waals surface area (Å²) in [5, 5.41) is 5.40. The molecule has 7 atom stereocenters. The molecule has 0 amide bonds. The van der Waals surface area contributed by atoms with E-state index in [0.29, 0.717) is 18.8 Å². The third-order valence-electron chi connectivity index (χ3n) is 5.93. The Balaban J connectivity index is 1.54. The summed E-state index contributed by atoms with van der Waals surface area (Å²) in [5.74, 6) is -1.48. The maximum Gasteiger partial charge on any atom is 0.439 e. The zero-order valence-corrected chi connectivity index (χ0v) is 10.5. The third-order valence-corrected chi connectivity index (χ3v) is 6.53. The molecule has 4 aliphatic rings. The van der Waals surface area contributed by atoms with Crippen molar-refractivity contribution in [1.29, 1.82) is 0 Å². The van der Waals surface area contributed by atoms with Gasteiger partial charge in [-0.25, -0.2) is 9.00 Å². The second-order valence-corrected chi connectivity index (χ2v) is 7.14. The fourth-order valence-electron chi connectivity index (χ4n) is 5.28. The van der Waals surface area contributed by atoms with Crippen molar-refractivity contribution in [2.45, 2.75) is 36.2 Å². The van der Waals surface area contributed by atoms with Gasteiger partial charge in [0.2, 0.25) is 11.1 Å². The van der Waals surface area contributed by atoms with Gasteiger partial charge in [-0.2, -0.15) is 8.78 Å². The number of hydrogen-bond acceptors (Lipinski definition) is 4. The molecule has 7 unspecified atom stereocenters. The minimum atomic E-state index is -4.39. The first kappa shape index (κ1) is 12.2. The van der Waals surface area contributed by atoms with Crippen molar-refractivity contribution < 1.29 is 32.2 Å². The van der Waals surface area contributed by atoms with E-state index in [1.54, 1.807) is 0 Å². The quantitative estimate of drug-likeness (QED) is 0.585. The molecule has 0 heterocycles. The van der Waals surface area contributed by atoms with Crippen molar-refractivity contribution >= 4 is 17.0 Å². The van der Waals surface area contributed by atoms with Crippen LogP contribution in [0.15, 0.2) is 0 Å². The van der Waals surface area contributed by atoms with E-state index in [-0.39, 0.29) is 17.3 Å². The highest BCUT2D eigenvalue weighted by Crippen LogP contribution is 2.89. The number of aliphatic hydroxyl groups excluding tert-OH is 1. The fraction of sp³-hybridized carbons (Fsp3) is 0.909. The van der Waals surface area contributed by atoms with Crippen LogP contribution in [0.4, 0.5) is 8.78 Å². The van der Waals surface area contributed by atoms with Gasteiger partial charge < -0.3 is 14.4 Å². The van der Waals surface area contributed by atoms with Crippen LogP contribution in [0.2, 0.25) is 0 Å². The number of halogens is 2. The van der Waals surface area contributed by atoms with E-state index >= 15 is 0 Å². The van der Waals surface area contributed by atoms with Crippen LogP contribution in [0.1, 0.15) is 19.3 Å². The van der Waals surface area contributed by atoms with Crippen LogP contribution in [0.3, 0.4) is 0 Å². The Morgan fingerprint density at radius 2 is 2.05 bits per heavy atom. The average Bonchev–Trinajstić information content (AvgIpc) is 2.27. The number of ether oxygens (including phenoxy) is 1. The lowest BCUT2D eigenvalue weighted by Crippen LogP contribution is -2.94. The molecular formula is C11H12F2O5S. The van der Waals surface area contributed by atoms with Gasteiger partial charge in [0.05, 0.1) is 6.10 Å². The van der Waals surface area contributed by atoms with Crippen LogP contribution in [0, 0.1) is 23.2 Å². The molecule has 5 nitrogen and oxygen atoms in total. The van der Waals surface area contributed by atoms with E-state index < -0.39 is 34.0 Å². The Hall–Kier alpha value is -0.600. The smallest absolute Gasteiger partial charge is 0.439 e. The number of aliphatic hydroxyl groups is 1. The van der Waals surface area contributed by atoms with Gasteiger partial charge in [0.15, 0.2) is 0 Å². The van der Waals surface area contributed by atoms with Crippen molar-refractivity contribution in [3.63, 3.8) is 0 Å². The summed E-state index contributed by atoms with van der Waals surface area (Å²) in [4.78, 5) is 11.4. The van der Waals surface area contributed by atoms with Crippen molar-refractivity contribution in [3.8, 4) is 0 Å².